The van der Waals surface area contributed by atoms with Gasteiger partial charge in [-0.1, -0.05) is 26.7 Å². The van der Waals surface area contributed by atoms with Gasteiger partial charge >= 0.3 is 6.41 Å². The van der Waals surface area contributed by atoms with Gasteiger partial charge in [-0.2, -0.15) is 0 Å². The third kappa shape index (κ3) is 4.02. The summed E-state index contributed by atoms with van der Waals surface area (Å²) >= 11 is 0. The second-order valence-electron chi connectivity index (χ2n) is 2.81. The Morgan fingerprint density at radius 2 is 1.82 bits per heavy atom. The fraction of sp³-hybridized carbons (Fsp3) is 0.889. The molecular formula is C9H18NO. The van der Waals surface area contributed by atoms with Crippen molar-refractivity contribution in [3.05, 3.63) is 0 Å². The molecule has 0 saturated carbocycles. The SMILES string of the molecule is CCC(CC)CN([C]=O)CC. The largest absolute Gasteiger partial charge is 0.334 e. The lowest BCUT2D eigenvalue weighted by molar-refractivity contribution is 0.318. The molecule has 0 heterocycles. The predicted octanol–water partition coefficient (Wildman–Crippen LogP) is 1.81. The summed E-state index contributed by atoms with van der Waals surface area (Å²) in [5.74, 6) is 0.649. The average Bonchev–Trinajstić information content (AvgIpc) is 2.07. The molecule has 0 N–H and O–H groups in total. The second kappa shape index (κ2) is 6.20. The van der Waals surface area contributed by atoms with Gasteiger partial charge in [0.05, 0.1) is 0 Å². The van der Waals surface area contributed by atoms with Gasteiger partial charge in [0.15, 0.2) is 0 Å². The number of rotatable bonds is 6. The first-order valence-corrected chi connectivity index (χ1v) is 4.41. The highest BCUT2D eigenvalue weighted by atomic mass is 16.1. The van der Waals surface area contributed by atoms with Gasteiger partial charge in [-0.25, -0.2) is 0 Å². The van der Waals surface area contributed by atoms with Crippen LogP contribution in [0.4, 0.5) is 0 Å². The second-order valence-corrected chi connectivity index (χ2v) is 2.81. The summed E-state index contributed by atoms with van der Waals surface area (Å²) in [4.78, 5) is 12.0. The van der Waals surface area contributed by atoms with Crippen molar-refractivity contribution < 1.29 is 4.79 Å². The molecule has 0 bridgehead atoms. The number of carbonyl (C=O) groups excluding carboxylic acids is 1. The Balaban J connectivity index is 3.67. The molecule has 0 aromatic heterocycles. The van der Waals surface area contributed by atoms with Gasteiger partial charge in [0, 0.05) is 13.1 Å². The molecule has 0 aliphatic heterocycles. The van der Waals surface area contributed by atoms with Crippen molar-refractivity contribution in [1.29, 1.82) is 0 Å². The van der Waals surface area contributed by atoms with Crippen LogP contribution in [0, 0.1) is 5.92 Å². The van der Waals surface area contributed by atoms with Crippen LogP contribution in [0.3, 0.4) is 0 Å². The maximum absolute atomic E-state index is 10.3. The minimum atomic E-state index is 0.649. The highest BCUT2D eigenvalue weighted by Gasteiger charge is 2.07. The summed E-state index contributed by atoms with van der Waals surface area (Å²) in [7, 11) is 0. The van der Waals surface area contributed by atoms with Gasteiger partial charge in [0.1, 0.15) is 0 Å². The fourth-order valence-electron chi connectivity index (χ4n) is 1.09. The summed E-state index contributed by atoms with van der Waals surface area (Å²) in [6, 6.07) is 0. The molecule has 1 radical (unpaired) electrons. The normalized spacial score (nSPS) is 10.2. The standard InChI is InChI=1S/C9H18NO/c1-4-9(5-2)7-10(6-3)8-11/h9H,4-7H2,1-3H3. The van der Waals surface area contributed by atoms with Crippen LogP contribution < -0.4 is 0 Å². The monoisotopic (exact) mass is 156 g/mol. The van der Waals surface area contributed by atoms with Crippen molar-refractivity contribution in [2.45, 2.75) is 33.6 Å². The molecular weight excluding hydrogens is 138 g/mol. The van der Waals surface area contributed by atoms with E-state index in [2.05, 4.69) is 13.8 Å². The van der Waals surface area contributed by atoms with Crippen molar-refractivity contribution in [1.82, 2.24) is 4.90 Å². The van der Waals surface area contributed by atoms with Gasteiger partial charge in [0.25, 0.3) is 0 Å². The van der Waals surface area contributed by atoms with Crippen LogP contribution >= 0.6 is 0 Å². The molecule has 0 spiro atoms. The van der Waals surface area contributed by atoms with Crippen LogP contribution in [-0.4, -0.2) is 24.4 Å². The van der Waals surface area contributed by atoms with Crippen LogP contribution in [0.5, 0.6) is 0 Å². The molecule has 0 aromatic rings. The Bertz CT molecular complexity index is 99.7. The zero-order valence-corrected chi connectivity index (χ0v) is 7.76. The Morgan fingerprint density at radius 3 is 2.09 bits per heavy atom. The summed E-state index contributed by atoms with van der Waals surface area (Å²) in [5, 5.41) is 0. The van der Waals surface area contributed by atoms with Gasteiger partial charge in [0.2, 0.25) is 0 Å². The Hall–Kier alpha value is -0.530. The Kier molecular flexibility index (Phi) is 5.90. The van der Waals surface area contributed by atoms with Crippen molar-refractivity contribution in [3.63, 3.8) is 0 Å². The van der Waals surface area contributed by atoms with Crippen molar-refractivity contribution in [2.24, 2.45) is 5.92 Å². The molecule has 2 nitrogen and oxygen atoms in total. The van der Waals surface area contributed by atoms with Crippen molar-refractivity contribution in [3.8, 4) is 0 Å². The summed E-state index contributed by atoms with van der Waals surface area (Å²) < 4.78 is 0. The number of hydrogen-bond donors (Lipinski definition) is 0. The zero-order valence-electron chi connectivity index (χ0n) is 7.76. The molecule has 2 heteroatoms. The lowest BCUT2D eigenvalue weighted by atomic mass is 10.0. The molecule has 0 atom stereocenters. The van der Waals surface area contributed by atoms with E-state index in [1.807, 2.05) is 13.3 Å². The molecule has 0 aromatic carbocycles. The van der Waals surface area contributed by atoms with Gasteiger partial charge < -0.3 is 4.90 Å². The predicted molar refractivity (Wildman–Crippen MR) is 47.0 cm³/mol. The maximum atomic E-state index is 10.3. The average molecular weight is 156 g/mol. The van der Waals surface area contributed by atoms with Crippen LogP contribution in [0.2, 0.25) is 0 Å². The minimum absolute atomic E-state index is 0.649. The van der Waals surface area contributed by atoms with E-state index in [0.717, 1.165) is 25.9 Å². The smallest absolute Gasteiger partial charge is 0.312 e. The van der Waals surface area contributed by atoms with Gasteiger partial charge in [-0.15, -0.1) is 0 Å². The minimum Gasteiger partial charge on any atom is -0.334 e. The van der Waals surface area contributed by atoms with Crippen molar-refractivity contribution >= 4 is 6.41 Å². The first kappa shape index (κ1) is 10.5. The van der Waals surface area contributed by atoms with Crippen LogP contribution in [0.15, 0.2) is 0 Å². The number of hydrogen-bond acceptors (Lipinski definition) is 1. The first-order chi connectivity index (χ1) is 5.28. The third-order valence-electron chi connectivity index (χ3n) is 2.14. The Labute approximate surface area is 69.6 Å². The molecule has 1 amide bonds. The lowest BCUT2D eigenvalue weighted by Crippen LogP contribution is -2.27. The Morgan fingerprint density at radius 1 is 1.27 bits per heavy atom. The molecule has 0 fully saturated rings. The summed E-state index contributed by atoms with van der Waals surface area (Å²) in [6.07, 6.45) is 4.23. The van der Waals surface area contributed by atoms with E-state index in [1.54, 1.807) is 4.90 Å². The van der Waals surface area contributed by atoms with E-state index >= 15 is 0 Å². The summed E-state index contributed by atoms with van der Waals surface area (Å²) in [6.45, 7) is 7.94. The molecule has 65 valence electrons. The van der Waals surface area contributed by atoms with Gasteiger partial charge in [-0.3, -0.25) is 4.79 Å². The lowest BCUT2D eigenvalue weighted by Gasteiger charge is -2.19. The molecule has 0 aliphatic rings. The highest BCUT2D eigenvalue weighted by Crippen LogP contribution is 2.08. The van der Waals surface area contributed by atoms with Crippen molar-refractivity contribution in [2.75, 3.05) is 13.1 Å². The van der Waals surface area contributed by atoms with Crippen LogP contribution in [0.1, 0.15) is 33.6 Å². The molecule has 0 rings (SSSR count). The molecule has 0 saturated heterocycles. The van der Waals surface area contributed by atoms with E-state index in [9.17, 15) is 4.79 Å². The molecule has 0 aliphatic carbocycles. The van der Waals surface area contributed by atoms with E-state index < -0.39 is 0 Å². The van der Waals surface area contributed by atoms with Gasteiger partial charge in [-0.05, 0) is 12.8 Å². The van der Waals surface area contributed by atoms with E-state index in [0.29, 0.717) is 5.92 Å². The number of amides is 1. The maximum Gasteiger partial charge on any atom is 0.312 e. The van der Waals surface area contributed by atoms with E-state index in [1.165, 1.54) is 0 Å². The van der Waals surface area contributed by atoms with E-state index in [4.69, 9.17) is 0 Å². The molecule has 0 unspecified atom stereocenters. The zero-order chi connectivity index (χ0) is 8.69. The van der Waals surface area contributed by atoms with Crippen LogP contribution in [-0.2, 0) is 4.79 Å². The molecule has 11 heavy (non-hydrogen) atoms. The highest BCUT2D eigenvalue weighted by molar-refractivity contribution is 5.47. The first-order valence-electron chi connectivity index (χ1n) is 4.41. The van der Waals surface area contributed by atoms with E-state index in [-0.39, 0.29) is 0 Å². The topological polar surface area (TPSA) is 20.3 Å². The fourth-order valence-corrected chi connectivity index (χ4v) is 1.09. The van der Waals surface area contributed by atoms with Crippen LogP contribution in [0.25, 0.3) is 0 Å². The quantitative estimate of drug-likeness (QED) is 0.537. The third-order valence-corrected chi connectivity index (χ3v) is 2.14. The summed E-state index contributed by atoms with van der Waals surface area (Å²) in [5.41, 5.74) is 0. The number of nitrogens with zero attached hydrogens (tertiary/aromatic N) is 1.